The molecule has 1 aromatic carbocycles. The van der Waals surface area contributed by atoms with Gasteiger partial charge in [0.05, 0.1) is 6.61 Å². The Kier molecular flexibility index (Phi) is 5.59. The lowest BCUT2D eigenvalue weighted by Gasteiger charge is -2.22. The predicted molar refractivity (Wildman–Crippen MR) is 79.8 cm³/mol. The van der Waals surface area contributed by atoms with E-state index in [1.807, 2.05) is 37.3 Å². The summed E-state index contributed by atoms with van der Waals surface area (Å²) in [5.41, 5.74) is 0.818. The molecule has 0 aliphatic rings. The predicted octanol–water partition coefficient (Wildman–Crippen LogP) is 2.82. The van der Waals surface area contributed by atoms with E-state index in [1.54, 1.807) is 0 Å². The molecule has 1 atom stereocenters. The number of para-hydroxylation sites is 1. The van der Waals surface area contributed by atoms with Crippen LogP contribution in [0.4, 0.5) is 0 Å². The number of rotatable bonds is 8. The van der Waals surface area contributed by atoms with Gasteiger partial charge in [-0.2, -0.15) is 0 Å². The van der Waals surface area contributed by atoms with Crippen LogP contribution in [-0.2, 0) is 4.74 Å². The van der Waals surface area contributed by atoms with Crippen LogP contribution in [0.25, 0.3) is 11.0 Å². The first kappa shape index (κ1) is 15.0. The molecule has 0 saturated carbocycles. The molecular formula is C16H23NO3. The molecule has 0 saturated heterocycles. The maximum Gasteiger partial charge on any atom is 0.135 e. The number of ether oxygens (including phenoxy) is 1. The zero-order valence-corrected chi connectivity index (χ0v) is 12.2. The molecule has 1 aromatic heterocycles. The molecular weight excluding hydrogens is 254 g/mol. The Morgan fingerprint density at radius 3 is 2.80 bits per heavy atom. The van der Waals surface area contributed by atoms with Crippen LogP contribution in [0.3, 0.4) is 0 Å². The number of likely N-dealkylation sites (N-methyl/N-ethyl adjacent to an activating group) is 1. The number of hydrogen-bond donors (Lipinski definition) is 1. The Labute approximate surface area is 119 Å². The van der Waals surface area contributed by atoms with Gasteiger partial charge in [0.15, 0.2) is 0 Å². The minimum atomic E-state index is -0.607. The Balaban J connectivity index is 1.97. The molecule has 4 heteroatoms. The third kappa shape index (κ3) is 3.82. The Morgan fingerprint density at radius 2 is 2.10 bits per heavy atom. The van der Waals surface area contributed by atoms with E-state index >= 15 is 0 Å². The number of fused-ring (bicyclic) bond motifs is 1. The highest BCUT2D eigenvalue weighted by Crippen LogP contribution is 2.24. The molecule has 1 N–H and O–H groups in total. The van der Waals surface area contributed by atoms with Crippen LogP contribution in [0.2, 0.25) is 0 Å². The lowest BCUT2D eigenvalue weighted by atomic mass is 10.2. The number of nitrogens with zero attached hydrogens (tertiary/aromatic N) is 1. The van der Waals surface area contributed by atoms with Gasteiger partial charge < -0.3 is 14.3 Å². The normalized spacial score (nSPS) is 13.2. The summed E-state index contributed by atoms with van der Waals surface area (Å²) in [5.74, 6) is 0.626. The first-order valence-electron chi connectivity index (χ1n) is 7.21. The maximum absolute atomic E-state index is 10.3. The lowest BCUT2D eigenvalue weighted by molar-refractivity contribution is 0.0704. The molecule has 0 radical (unpaired) electrons. The van der Waals surface area contributed by atoms with Crippen LogP contribution in [0.5, 0.6) is 0 Å². The number of benzene rings is 1. The highest BCUT2D eigenvalue weighted by Gasteiger charge is 2.16. The van der Waals surface area contributed by atoms with Gasteiger partial charge in [-0.1, -0.05) is 25.1 Å². The molecule has 2 aromatic rings. The molecule has 1 heterocycles. The summed E-state index contributed by atoms with van der Waals surface area (Å²) in [6.07, 6.45) is -0.607. The van der Waals surface area contributed by atoms with Crippen molar-refractivity contribution in [1.29, 1.82) is 0 Å². The van der Waals surface area contributed by atoms with E-state index in [0.29, 0.717) is 18.9 Å². The van der Waals surface area contributed by atoms with E-state index < -0.39 is 6.10 Å². The lowest BCUT2D eigenvalue weighted by Crippen LogP contribution is -2.31. The van der Waals surface area contributed by atoms with Gasteiger partial charge in [0.1, 0.15) is 17.4 Å². The average molecular weight is 277 g/mol. The van der Waals surface area contributed by atoms with Crippen LogP contribution in [0.1, 0.15) is 25.7 Å². The van der Waals surface area contributed by atoms with Crippen molar-refractivity contribution in [3.8, 4) is 0 Å². The van der Waals surface area contributed by atoms with Crippen LogP contribution >= 0.6 is 0 Å². The molecule has 0 fully saturated rings. The summed E-state index contributed by atoms with van der Waals surface area (Å²) in [7, 11) is 0. The number of hydrogen-bond acceptors (Lipinski definition) is 4. The molecule has 0 aliphatic heterocycles. The zero-order valence-electron chi connectivity index (χ0n) is 12.2. The molecule has 0 amide bonds. The molecule has 110 valence electrons. The van der Waals surface area contributed by atoms with E-state index in [-0.39, 0.29) is 0 Å². The van der Waals surface area contributed by atoms with E-state index in [9.17, 15) is 5.11 Å². The van der Waals surface area contributed by atoms with Crippen molar-refractivity contribution in [3.05, 3.63) is 36.1 Å². The molecule has 0 aliphatic carbocycles. The fraction of sp³-hybridized carbons (Fsp3) is 0.500. The summed E-state index contributed by atoms with van der Waals surface area (Å²) in [6.45, 7) is 7.74. The van der Waals surface area contributed by atoms with E-state index in [4.69, 9.17) is 9.15 Å². The van der Waals surface area contributed by atoms with Crippen molar-refractivity contribution in [1.82, 2.24) is 4.90 Å². The third-order valence-corrected chi connectivity index (χ3v) is 3.41. The largest absolute Gasteiger partial charge is 0.458 e. The average Bonchev–Trinajstić information content (AvgIpc) is 2.90. The number of aliphatic hydroxyl groups is 1. The Bertz CT molecular complexity index is 490. The van der Waals surface area contributed by atoms with Crippen molar-refractivity contribution < 1.29 is 14.3 Å². The molecule has 0 spiro atoms. The first-order chi connectivity index (χ1) is 9.74. The Hall–Kier alpha value is -1.36. The fourth-order valence-electron chi connectivity index (χ4n) is 2.22. The monoisotopic (exact) mass is 277 g/mol. The summed E-state index contributed by atoms with van der Waals surface area (Å²) in [6, 6.07) is 9.72. The quantitative estimate of drug-likeness (QED) is 0.754. The smallest absolute Gasteiger partial charge is 0.135 e. The van der Waals surface area contributed by atoms with Gasteiger partial charge in [0.2, 0.25) is 0 Å². The van der Waals surface area contributed by atoms with Crippen molar-refractivity contribution in [2.75, 3.05) is 32.8 Å². The first-order valence-corrected chi connectivity index (χ1v) is 7.21. The summed E-state index contributed by atoms with van der Waals surface area (Å²) < 4.78 is 11.0. The van der Waals surface area contributed by atoms with Crippen molar-refractivity contribution in [2.24, 2.45) is 0 Å². The van der Waals surface area contributed by atoms with Crippen LogP contribution in [-0.4, -0.2) is 42.9 Å². The van der Waals surface area contributed by atoms with Gasteiger partial charge in [-0.05, 0) is 25.6 Å². The SMILES string of the molecule is CCOCCN(CC)CC(O)c1cc2ccccc2o1. The van der Waals surface area contributed by atoms with E-state index in [2.05, 4.69) is 11.8 Å². The van der Waals surface area contributed by atoms with Gasteiger partial charge in [-0.3, -0.25) is 4.90 Å². The topological polar surface area (TPSA) is 45.8 Å². The summed E-state index contributed by atoms with van der Waals surface area (Å²) in [4.78, 5) is 2.16. The van der Waals surface area contributed by atoms with Crippen molar-refractivity contribution in [2.45, 2.75) is 20.0 Å². The van der Waals surface area contributed by atoms with E-state index in [1.165, 1.54) is 0 Å². The number of aliphatic hydroxyl groups excluding tert-OH is 1. The minimum absolute atomic E-state index is 0.559. The van der Waals surface area contributed by atoms with Gasteiger partial charge >= 0.3 is 0 Å². The Morgan fingerprint density at radius 1 is 1.30 bits per heavy atom. The van der Waals surface area contributed by atoms with Gasteiger partial charge in [-0.15, -0.1) is 0 Å². The van der Waals surface area contributed by atoms with Crippen LogP contribution in [0, 0.1) is 0 Å². The second-order valence-corrected chi connectivity index (χ2v) is 4.79. The van der Waals surface area contributed by atoms with Gasteiger partial charge in [0, 0.05) is 25.1 Å². The fourth-order valence-corrected chi connectivity index (χ4v) is 2.22. The second-order valence-electron chi connectivity index (χ2n) is 4.79. The van der Waals surface area contributed by atoms with Gasteiger partial charge in [0.25, 0.3) is 0 Å². The van der Waals surface area contributed by atoms with Gasteiger partial charge in [-0.25, -0.2) is 0 Å². The highest BCUT2D eigenvalue weighted by atomic mass is 16.5. The summed E-state index contributed by atoms with van der Waals surface area (Å²) >= 11 is 0. The molecule has 0 bridgehead atoms. The third-order valence-electron chi connectivity index (χ3n) is 3.41. The van der Waals surface area contributed by atoms with Crippen molar-refractivity contribution in [3.63, 3.8) is 0 Å². The summed E-state index contributed by atoms with van der Waals surface area (Å²) in [5, 5.41) is 11.3. The number of furan rings is 1. The van der Waals surface area contributed by atoms with Crippen LogP contribution in [0.15, 0.2) is 34.7 Å². The maximum atomic E-state index is 10.3. The molecule has 1 unspecified atom stereocenters. The highest BCUT2D eigenvalue weighted by molar-refractivity contribution is 5.77. The zero-order chi connectivity index (χ0) is 14.4. The standard InChI is InChI=1S/C16H23NO3/c1-3-17(9-10-19-4-2)12-14(18)16-11-13-7-5-6-8-15(13)20-16/h5-8,11,14,18H,3-4,9-10,12H2,1-2H3. The second kappa shape index (κ2) is 7.43. The van der Waals surface area contributed by atoms with Crippen molar-refractivity contribution >= 4 is 11.0 Å². The van der Waals surface area contributed by atoms with Crippen LogP contribution < -0.4 is 0 Å². The molecule has 20 heavy (non-hydrogen) atoms. The minimum Gasteiger partial charge on any atom is -0.458 e. The molecule has 4 nitrogen and oxygen atoms in total. The molecule has 2 rings (SSSR count). The van der Waals surface area contributed by atoms with E-state index in [0.717, 1.165) is 30.7 Å².